The standard InChI is InChI=1S/C21H28N4O3.HI/c1-3-22-21(24-14-19-11-7-8-12-20(19)25(26)27)23-13-17(2)15-28-16-18-9-5-4-6-10-18;/h4-12,17H,3,13-16H2,1-2H3,(H2,22,23,24);1H. The van der Waals surface area contributed by atoms with Gasteiger partial charge >= 0.3 is 0 Å². The predicted octanol–water partition coefficient (Wildman–Crippen LogP) is 4.12. The molecule has 1 unspecified atom stereocenters. The number of nitro groups is 1. The first-order valence-electron chi connectivity index (χ1n) is 9.46. The molecule has 0 radical (unpaired) electrons. The minimum absolute atomic E-state index is 0. The Balaban J connectivity index is 0.00000420. The number of halogens is 1. The van der Waals surface area contributed by atoms with Crippen molar-refractivity contribution in [3.63, 3.8) is 0 Å². The highest BCUT2D eigenvalue weighted by Gasteiger charge is 2.12. The Kier molecular flexibility index (Phi) is 11.9. The Bertz CT molecular complexity index is 772. The Morgan fingerprint density at radius 2 is 1.83 bits per heavy atom. The molecule has 0 aromatic heterocycles. The van der Waals surface area contributed by atoms with Crippen LogP contribution in [0.3, 0.4) is 0 Å². The van der Waals surface area contributed by atoms with E-state index in [1.807, 2.05) is 37.3 Å². The number of rotatable bonds is 10. The van der Waals surface area contributed by atoms with Crippen LogP contribution in [0.2, 0.25) is 0 Å². The molecule has 0 saturated heterocycles. The first-order chi connectivity index (χ1) is 13.6. The molecule has 0 fully saturated rings. The summed E-state index contributed by atoms with van der Waals surface area (Å²) in [6.45, 7) is 6.95. The van der Waals surface area contributed by atoms with E-state index in [2.05, 4.69) is 22.5 Å². The number of aliphatic imine (C=N–C) groups is 1. The summed E-state index contributed by atoms with van der Waals surface area (Å²) in [6, 6.07) is 16.7. The molecule has 0 bridgehead atoms. The number of nitrogens with one attached hydrogen (secondary N) is 2. The number of para-hydroxylation sites is 1. The molecule has 29 heavy (non-hydrogen) atoms. The van der Waals surface area contributed by atoms with Crippen molar-refractivity contribution in [3.8, 4) is 0 Å². The van der Waals surface area contributed by atoms with Crippen LogP contribution in [0.15, 0.2) is 59.6 Å². The Hall–Kier alpha value is -2.20. The highest BCUT2D eigenvalue weighted by atomic mass is 127. The lowest BCUT2D eigenvalue weighted by atomic mass is 10.2. The van der Waals surface area contributed by atoms with E-state index < -0.39 is 0 Å². The zero-order valence-electron chi connectivity index (χ0n) is 16.8. The van der Waals surface area contributed by atoms with Gasteiger partial charge in [0.05, 0.1) is 30.2 Å². The van der Waals surface area contributed by atoms with E-state index in [4.69, 9.17) is 4.74 Å². The third-order valence-electron chi connectivity index (χ3n) is 4.07. The first kappa shape index (κ1) is 24.8. The van der Waals surface area contributed by atoms with Crippen molar-refractivity contribution in [3.05, 3.63) is 75.8 Å². The number of hydrogen-bond acceptors (Lipinski definition) is 4. The largest absolute Gasteiger partial charge is 0.376 e. The van der Waals surface area contributed by atoms with Crippen LogP contribution < -0.4 is 10.6 Å². The second kappa shape index (κ2) is 13.9. The fraction of sp³-hybridized carbons (Fsp3) is 0.381. The maximum Gasteiger partial charge on any atom is 0.274 e. The van der Waals surface area contributed by atoms with Crippen molar-refractivity contribution < 1.29 is 9.66 Å². The van der Waals surface area contributed by atoms with Gasteiger partial charge in [-0.1, -0.05) is 55.5 Å². The summed E-state index contributed by atoms with van der Waals surface area (Å²) in [4.78, 5) is 15.2. The lowest BCUT2D eigenvalue weighted by Gasteiger charge is -2.16. The van der Waals surface area contributed by atoms with Gasteiger partial charge in [-0.05, 0) is 18.4 Å². The molecule has 1 atom stereocenters. The van der Waals surface area contributed by atoms with Gasteiger partial charge in [0.2, 0.25) is 0 Å². The Labute approximate surface area is 189 Å². The number of nitro benzene ring substituents is 1. The summed E-state index contributed by atoms with van der Waals surface area (Å²) in [6.07, 6.45) is 0. The molecule has 2 aromatic carbocycles. The number of nitrogens with zero attached hydrogens (tertiary/aromatic N) is 2. The van der Waals surface area contributed by atoms with Crippen LogP contribution in [0.4, 0.5) is 5.69 Å². The topological polar surface area (TPSA) is 88.8 Å². The van der Waals surface area contributed by atoms with Gasteiger partial charge in [0, 0.05) is 19.2 Å². The van der Waals surface area contributed by atoms with Gasteiger partial charge in [0.25, 0.3) is 5.69 Å². The van der Waals surface area contributed by atoms with Crippen LogP contribution in [0.25, 0.3) is 0 Å². The zero-order chi connectivity index (χ0) is 20.2. The van der Waals surface area contributed by atoms with Crippen molar-refractivity contribution >= 4 is 35.6 Å². The van der Waals surface area contributed by atoms with Gasteiger partial charge in [0.15, 0.2) is 5.96 Å². The third-order valence-corrected chi connectivity index (χ3v) is 4.07. The second-order valence-electron chi connectivity index (χ2n) is 6.57. The average Bonchev–Trinajstić information content (AvgIpc) is 2.71. The van der Waals surface area contributed by atoms with E-state index in [0.717, 1.165) is 5.56 Å². The number of benzene rings is 2. The van der Waals surface area contributed by atoms with Crippen LogP contribution in [-0.2, 0) is 17.9 Å². The predicted molar refractivity (Wildman–Crippen MR) is 127 cm³/mol. The number of guanidine groups is 1. The highest BCUT2D eigenvalue weighted by molar-refractivity contribution is 14.0. The van der Waals surface area contributed by atoms with E-state index in [1.165, 1.54) is 6.07 Å². The summed E-state index contributed by atoms with van der Waals surface area (Å²) in [7, 11) is 0. The van der Waals surface area contributed by atoms with Crippen molar-refractivity contribution in [1.82, 2.24) is 10.6 Å². The molecule has 8 heteroatoms. The van der Waals surface area contributed by atoms with E-state index in [1.54, 1.807) is 18.2 Å². The smallest absolute Gasteiger partial charge is 0.274 e. The molecule has 158 valence electrons. The van der Waals surface area contributed by atoms with Crippen LogP contribution >= 0.6 is 24.0 Å². The fourth-order valence-corrected chi connectivity index (χ4v) is 2.61. The Morgan fingerprint density at radius 3 is 2.52 bits per heavy atom. The minimum Gasteiger partial charge on any atom is -0.376 e. The highest BCUT2D eigenvalue weighted by Crippen LogP contribution is 2.18. The van der Waals surface area contributed by atoms with Crippen molar-refractivity contribution in [2.45, 2.75) is 27.0 Å². The van der Waals surface area contributed by atoms with Crippen LogP contribution in [-0.4, -0.2) is 30.6 Å². The monoisotopic (exact) mass is 512 g/mol. The van der Waals surface area contributed by atoms with E-state index in [-0.39, 0.29) is 41.1 Å². The van der Waals surface area contributed by atoms with Gasteiger partial charge in [-0.2, -0.15) is 0 Å². The molecule has 0 aliphatic rings. The first-order valence-corrected chi connectivity index (χ1v) is 9.46. The van der Waals surface area contributed by atoms with E-state index in [9.17, 15) is 10.1 Å². The van der Waals surface area contributed by atoms with Crippen molar-refractivity contribution in [2.75, 3.05) is 19.7 Å². The lowest BCUT2D eigenvalue weighted by Crippen LogP contribution is -2.40. The minimum atomic E-state index is -0.378. The molecule has 0 aliphatic heterocycles. The summed E-state index contributed by atoms with van der Waals surface area (Å²) in [5.74, 6) is 0.925. The molecule has 0 saturated carbocycles. The SMILES string of the molecule is CCNC(=NCc1ccccc1[N+](=O)[O-])NCC(C)COCc1ccccc1.I. The van der Waals surface area contributed by atoms with Gasteiger partial charge in [0.1, 0.15) is 0 Å². The van der Waals surface area contributed by atoms with Crippen molar-refractivity contribution in [2.24, 2.45) is 10.9 Å². The maximum absolute atomic E-state index is 11.1. The van der Waals surface area contributed by atoms with E-state index >= 15 is 0 Å². The normalized spacial score (nSPS) is 12.0. The second-order valence-corrected chi connectivity index (χ2v) is 6.57. The van der Waals surface area contributed by atoms with Gasteiger partial charge in [-0.25, -0.2) is 4.99 Å². The summed E-state index contributed by atoms with van der Waals surface area (Å²) in [5.41, 5.74) is 1.83. The van der Waals surface area contributed by atoms with Crippen LogP contribution in [0.5, 0.6) is 0 Å². The lowest BCUT2D eigenvalue weighted by molar-refractivity contribution is -0.385. The summed E-state index contributed by atoms with van der Waals surface area (Å²) >= 11 is 0. The number of ether oxygens (including phenoxy) is 1. The van der Waals surface area contributed by atoms with Crippen LogP contribution in [0.1, 0.15) is 25.0 Å². The fourth-order valence-electron chi connectivity index (χ4n) is 2.61. The van der Waals surface area contributed by atoms with Gasteiger partial charge in [-0.3, -0.25) is 10.1 Å². The van der Waals surface area contributed by atoms with Crippen molar-refractivity contribution in [1.29, 1.82) is 0 Å². The zero-order valence-corrected chi connectivity index (χ0v) is 19.2. The van der Waals surface area contributed by atoms with Gasteiger partial charge in [-0.15, -0.1) is 24.0 Å². The average molecular weight is 512 g/mol. The molecule has 2 rings (SSSR count). The molecule has 0 amide bonds. The summed E-state index contributed by atoms with van der Waals surface area (Å²) in [5, 5.41) is 17.6. The molecular weight excluding hydrogens is 483 g/mol. The van der Waals surface area contributed by atoms with E-state index in [0.29, 0.717) is 43.7 Å². The quantitative estimate of drug-likeness (QED) is 0.164. The molecule has 2 N–H and O–H groups in total. The molecule has 0 heterocycles. The maximum atomic E-state index is 11.1. The molecule has 0 aliphatic carbocycles. The van der Waals surface area contributed by atoms with Crippen LogP contribution in [0, 0.1) is 16.0 Å². The molecule has 7 nitrogen and oxygen atoms in total. The molecule has 0 spiro atoms. The Morgan fingerprint density at radius 1 is 1.14 bits per heavy atom. The number of hydrogen-bond donors (Lipinski definition) is 2. The van der Waals surface area contributed by atoms with Gasteiger partial charge < -0.3 is 15.4 Å². The molecule has 2 aromatic rings. The molecular formula is C21H29IN4O3. The third kappa shape index (κ3) is 9.23. The summed E-state index contributed by atoms with van der Waals surface area (Å²) < 4.78 is 5.77.